The Morgan fingerprint density at radius 1 is 1.25 bits per heavy atom. The SMILES string of the molecule is CC1(c2cncn2CCC2CCCCC2)CCNCC1. The number of hydrogen-bond donors (Lipinski definition) is 1. The van der Waals surface area contributed by atoms with Crippen molar-refractivity contribution in [2.24, 2.45) is 5.92 Å². The van der Waals surface area contributed by atoms with Crippen LogP contribution in [0.4, 0.5) is 0 Å². The van der Waals surface area contributed by atoms with Gasteiger partial charge in [-0.15, -0.1) is 0 Å². The molecule has 1 saturated heterocycles. The fourth-order valence-electron chi connectivity index (χ4n) is 4.03. The molecule has 2 aliphatic rings. The van der Waals surface area contributed by atoms with E-state index < -0.39 is 0 Å². The second kappa shape index (κ2) is 6.30. The monoisotopic (exact) mass is 275 g/mol. The van der Waals surface area contributed by atoms with Gasteiger partial charge < -0.3 is 9.88 Å². The molecule has 3 nitrogen and oxygen atoms in total. The third kappa shape index (κ3) is 3.08. The van der Waals surface area contributed by atoms with E-state index in [2.05, 4.69) is 34.3 Å². The van der Waals surface area contributed by atoms with E-state index in [-0.39, 0.29) is 0 Å². The van der Waals surface area contributed by atoms with E-state index in [1.165, 1.54) is 63.6 Å². The first-order valence-electron chi connectivity index (χ1n) is 8.49. The largest absolute Gasteiger partial charge is 0.334 e. The Morgan fingerprint density at radius 2 is 2.00 bits per heavy atom. The van der Waals surface area contributed by atoms with Crippen LogP contribution in [0.15, 0.2) is 12.5 Å². The third-order valence-electron chi connectivity index (χ3n) is 5.54. The fourth-order valence-corrected chi connectivity index (χ4v) is 4.03. The lowest BCUT2D eigenvalue weighted by molar-refractivity contribution is 0.297. The van der Waals surface area contributed by atoms with Crippen LogP contribution >= 0.6 is 0 Å². The molecule has 2 fully saturated rings. The minimum absolute atomic E-state index is 0.328. The van der Waals surface area contributed by atoms with Gasteiger partial charge in [0, 0.05) is 23.9 Å². The Hall–Kier alpha value is -0.830. The summed E-state index contributed by atoms with van der Waals surface area (Å²) in [5, 5.41) is 3.48. The Balaban J connectivity index is 1.63. The van der Waals surface area contributed by atoms with Crippen LogP contribution in [-0.4, -0.2) is 22.6 Å². The van der Waals surface area contributed by atoms with Gasteiger partial charge in [-0.3, -0.25) is 0 Å². The zero-order valence-corrected chi connectivity index (χ0v) is 12.9. The molecule has 0 unspecified atom stereocenters. The summed E-state index contributed by atoms with van der Waals surface area (Å²) >= 11 is 0. The van der Waals surface area contributed by atoms with E-state index in [4.69, 9.17) is 0 Å². The van der Waals surface area contributed by atoms with Crippen LogP contribution in [0.25, 0.3) is 0 Å². The summed E-state index contributed by atoms with van der Waals surface area (Å²) in [6.07, 6.45) is 15.3. The van der Waals surface area contributed by atoms with E-state index >= 15 is 0 Å². The Kier molecular flexibility index (Phi) is 4.45. The number of nitrogens with one attached hydrogen (secondary N) is 1. The Bertz CT molecular complexity index is 412. The van der Waals surface area contributed by atoms with Crippen molar-refractivity contribution in [3.63, 3.8) is 0 Å². The van der Waals surface area contributed by atoms with E-state index in [0.29, 0.717) is 5.41 Å². The second-order valence-electron chi connectivity index (χ2n) is 7.08. The summed E-state index contributed by atoms with van der Waals surface area (Å²) in [4.78, 5) is 4.45. The highest BCUT2D eigenvalue weighted by Crippen LogP contribution is 2.33. The lowest BCUT2D eigenvalue weighted by Crippen LogP contribution is -2.39. The maximum absolute atomic E-state index is 4.45. The van der Waals surface area contributed by atoms with Gasteiger partial charge in [-0.05, 0) is 38.3 Å². The number of nitrogens with zero attached hydrogens (tertiary/aromatic N) is 2. The molecule has 1 saturated carbocycles. The maximum atomic E-state index is 4.45. The van der Waals surface area contributed by atoms with Crippen molar-refractivity contribution in [3.05, 3.63) is 18.2 Å². The van der Waals surface area contributed by atoms with Crippen molar-refractivity contribution < 1.29 is 0 Å². The lowest BCUT2D eigenvalue weighted by atomic mass is 9.78. The molecule has 3 rings (SSSR count). The highest BCUT2D eigenvalue weighted by Gasteiger charge is 2.31. The van der Waals surface area contributed by atoms with Crippen molar-refractivity contribution in [2.45, 2.75) is 70.3 Å². The van der Waals surface area contributed by atoms with Gasteiger partial charge in [0.05, 0.1) is 6.33 Å². The second-order valence-corrected chi connectivity index (χ2v) is 7.08. The van der Waals surface area contributed by atoms with Crippen LogP contribution < -0.4 is 5.32 Å². The molecule has 0 spiro atoms. The smallest absolute Gasteiger partial charge is 0.0948 e. The maximum Gasteiger partial charge on any atom is 0.0948 e. The van der Waals surface area contributed by atoms with Crippen LogP contribution in [0.3, 0.4) is 0 Å². The Labute approximate surface area is 123 Å². The van der Waals surface area contributed by atoms with Gasteiger partial charge in [0.1, 0.15) is 0 Å². The minimum Gasteiger partial charge on any atom is -0.334 e. The van der Waals surface area contributed by atoms with Gasteiger partial charge in [0.25, 0.3) is 0 Å². The van der Waals surface area contributed by atoms with Crippen LogP contribution in [0.2, 0.25) is 0 Å². The third-order valence-corrected chi connectivity index (χ3v) is 5.54. The minimum atomic E-state index is 0.328. The van der Waals surface area contributed by atoms with E-state index in [1.807, 2.05) is 0 Å². The Morgan fingerprint density at radius 3 is 2.75 bits per heavy atom. The summed E-state index contributed by atoms with van der Waals surface area (Å²) in [6, 6.07) is 0. The van der Waals surface area contributed by atoms with Crippen LogP contribution in [0, 0.1) is 5.92 Å². The molecule has 3 heteroatoms. The fraction of sp³-hybridized carbons (Fsp3) is 0.824. The number of piperidine rings is 1. The summed E-state index contributed by atoms with van der Waals surface area (Å²) in [5.41, 5.74) is 1.80. The molecule has 1 aromatic heterocycles. The van der Waals surface area contributed by atoms with Crippen LogP contribution in [-0.2, 0) is 12.0 Å². The number of rotatable bonds is 4. The highest BCUT2D eigenvalue weighted by molar-refractivity contribution is 5.15. The van der Waals surface area contributed by atoms with Crippen molar-refractivity contribution >= 4 is 0 Å². The molecule has 0 atom stereocenters. The molecule has 0 aromatic carbocycles. The predicted molar refractivity (Wildman–Crippen MR) is 82.9 cm³/mol. The molecule has 20 heavy (non-hydrogen) atoms. The lowest BCUT2D eigenvalue weighted by Gasteiger charge is -2.35. The first kappa shape index (κ1) is 14.1. The molecule has 1 aromatic rings. The predicted octanol–water partition coefficient (Wildman–Crippen LogP) is 3.49. The molecular formula is C17H29N3. The average Bonchev–Trinajstić information content (AvgIpc) is 2.96. The van der Waals surface area contributed by atoms with E-state index in [1.54, 1.807) is 0 Å². The molecule has 0 amide bonds. The molecular weight excluding hydrogens is 246 g/mol. The van der Waals surface area contributed by atoms with Crippen molar-refractivity contribution in [1.82, 2.24) is 14.9 Å². The van der Waals surface area contributed by atoms with Gasteiger partial charge in [0.15, 0.2) is 0 Å². The standard InChI is InChI=1S/C17H29N3/c1-17(8-10-18-11-9-17)16-13-19-14-20(16)12-7-15-5-3-2-4-6-15/h13-15,18H,2-12H2,1H3. The van der Waals surface area contributed by atoms with E-state index in [0.717, 1.165) is 19.0 Å². The number of aryl methyl sites for hydroxylation is 1. The molecule has 1 aliphatic carbocycles. The van der Waals surface area contributed by atoms with Gasteiger partial charge in [0.2, 0.25) is 0 Å². The van der Waals surface area contributed by atoms with E-state index in [9.17, 15) is 0 Å². The van der Waals surface area contributed by atoms with Crippen LogP contribution in [0.5, 0.6) is 0 Å². The van der Waals surface area contributed by atoms with Gasteiger partial charge in [-0.2, -0.15) is 0 Å². The molecule has 1 N–H and O–H groups in total. The van der Waals surface area contributed by atoms with Gasteiger partial charge in [-0.1, -0.05) is 39.0 Å². The highest BCUT2D eigenvalue weighted by atomic mass is 15.1. The van der Waals surface area contributed by atoms with Crippen molar-refractivity contribution in [2.75, 3.05) is 13.1 Å². The van der Waals surface area contributed by atoms with Gasteiger partial charge >= 0.3 is 0 Å². The molecule has 0 radical (unpaired) electrons. The normalized spacial score (nSPS) is 23.9. The van der Waals surface area contributed by atoms with Gasteiger partial charge in [-0.25, -0.2) is 4.98 Å². The molecule has 2 heterocycles. The van der Waals surface area contributed by atoms with Crippen LogP contribution in [0.1, 0.15) is 64.0 Å². The molecule has 0 bridgehead atoms. The first-order valence-corrected chi connectivity index (χ1v) is 8.49. The average molecular weight is 275 g/mol. The first-order chi connectivity index (χ1) is 9.78. The summed E-state index contributed by atoms with van der Waals surface area (Å²) in [5.74, 6) is 0.958. The summed E-state index contributed by atoms with van der Waals surface area (Å²) < 4.78 is 2.44. The zero-order valence-electron chi connectivity index (χ0n) is 12.9. The van der Waals surface area contributed by atoms with Crippen molar-refractivity contribution in [3.8, 4) is 0 Å². The number of hydrogen-bond acceptors (Lipinski definition) is 2. The zero-order chi connectivity index (χ0) is 13.8. The summed E-state index contributed by atoms with van der Waals surface area (Å²) in [7, 11) is 0. The number of imidazole rings is 1. The number of aromatic nitrogens is 2. The quantitative estimate of drug-likeness (QED) is 0.911. The molecule has 1 aliphatic heterocycles. The van der Waals surface area contributed by atoms with Crippen molar-refractivity contribution in [1.29, 1.82) is 0 Å². The topological polar surface area (TPSA) is 29.9 Å². The summed E-state index contributed by atoms with van der Waals surface area (Å²) in [6.45, 7) is 5.87. The molecule has 112 valence electrons.